The number of hydrogen-bond donors (Lipinski definition) is 1. The van der Waals surface area contributed by atoms with E-state index in [9.17, 15) is 4.79 Å². The van der Waals surface area contributed by atoms with Crippen molar-refractivity contribution in [1.82, 2.24) is 5.32 Å². The summed E-state index contributed by atoms with van der Waals surface area (Å²) in [4.78, 5) is 17.8. The smallest absolute Gasteiger partial charge is 0.407 e. The van der Waals surface area contributed by atoms with E-state index >= 15 is 0 Å². The molecule has 2 rings (SSSR count). The highest BCUT2D eigenvalue weighted by molar-refractivity contribution is 6.03. The first kappa shape index (κ1) is 16.9. The molecular formula is C17H23N3O3. The Balaban J connectivity index is 2.11. The largest absolute Gasteiger partial charge is 0.483 e. The van der Waals surface area contributed by atoms with Crippen LogP contribution in [0.5, 0.6) is 5.75 Å². The van der Waals surface area contributed by atoms with Gasteiger partial charge in [0.2, 0.25) is 0 Å². The predicted molar refractivity (Wildman–Crippen MR) is 91.0 cm³/mol. The molecule has 1 amide bonds. The highest BCUT2D eigenvalue weighted by atomic mass is 16.6. The summed E-state index contributed by atoms with van der Waals surface area (Å²) in [6.45, 7) is 10.1. The molecule has 0 saturated heterocycles. The molecule has 0 unspecified atom stereocenters. The van der Waals surface area contributed by atoms with Gasteiger partial charge in [-0.05, 0) is 38.5 Å². The molecule has 1 aliphatic heterocycles. The lowest BCUT2D eigenvalue weighted by molar-refractivity contribution is 0.0523. The van der Waals surface area contributed by atoms with Crippen LogP contribution in [0.4, 0.5) is 10.5 Å². The number of aliphatic imine (C=N–C) groups is 1. The van der Waals surface area contributed by atoms with E-state index in [1.165, 1.54) is 0 Å². The van der Waals surface area contributed by atoms with Crippen LogP contribution in [-0.2, 0) is 11.3 Å². The Morgan fingerprint density at radius 3 is 2.87 bits per heavy atom. The number of anilines is 1. The summed E-state index contributed by atoms with van der Waals surface area (Å²) in [5, 5.41) is 2.74. The zero-order valence-corrected chi connectivity index (χ0v) is 14.0. The van der Waals surface area contributed by atoms with E-state index in [0.717, 1.165) is 22.8 Å². The quantitative estimate of drug-likeness (QED) is 0.930. The van der Waals surface area contributed by atoms with Crippen LogP contribution >= 0.6 is 0 Å². The van der Waals surface area contributed by atoms with Crippen LogP contribution in [0.1, 0.15) is 26.3 Å². The molecule has 0 atom stereocenters. The second-order valence-electron chi connectivity index (χ2n) is 6.14. The Morgan fingerprint density at radius 2 is 2.26 bits per heavy atom. The number of nitrogens with one attached hydrogen (secondary N) is 1. The van der Waals surface area contributed by atoms with Crippen molar-refractivity contribution in [3.63, 3.8) is 0 Å². The number of carbonyl (C=O) groups excluding carboxylic acids is 1. The number of fused-ring (bicyclic) bond motifs is 1. The maximum absolute atomic E-state index is 11.7. The van der Waals surface area contributed by atoms with Crippen molar-refractivity contribution in [2.75, 3.05) is 18.6 Å². The van der Waals surface area contributed by atoms with Gasteiger partial charge in [-0.2, -0.15) is 0 Å². The molecule has 1 heterocycles. The number of benzene rings is 1. The Hall–Kier alpha value is -2.50. The molecule has 1 N–H and O–H groups in total. The van der Waals surface area contributed by atoms with Gasteiger partial charge >= 0.3 is 6.09 Å². The first-order valence-corrected chi connectivity index (χ1v) is 7.44. The Bertz CT molecular complexity index is 632. The van der Waals surface area contributed by atoms with E-state index in [2.05, 4.69) is 16.9 Å². The van der Waals surface area contributed by atoms with Gasteiger partial charge in [0.1, 0.15) is 23.8 Å². The predicted octanol–water partition coefficient (Wildman–Crippen LogP) is 3.08. The molecule has 0 saturated carbocycles. The van der Waals surface area contributed by atoms with Crippen molar-refractivity contribution >= 4 is 17.6 Å². The van der Waals surface area contributed by atoms with E-state index in [4.69, 9.17) is 9.47 Å². The van der Waals surface area contributed by atoms with E-state index < -0.39 is 11.7 Å². The van der Waals surface area contributed by atoms with Gasteiger partial charge in [-0.1, -0.05) is 12.6 Å². The van der Waals surface area contributed by atoms with Crippen molar-refractivity contribution in [2.45, 2.75) is 32.9 Å². The van der Waals surface area contributed by atoms with Crippen molar-refractivity contribution in [2.24, 2.45) is 4.99 Å². The SMILES string of the molecule is C=CN1/C(=N\C)COc2ccc(CNC(=O)OC(C)(C)C)cc21. The number of hydrogen-bond acceptors (Lipinski definition) is 4. The molecule has 0 aliphatic carbocycles. The van der Waals surface area contributed by atoms with Crippen molar-refractivity contribution in [3.8, 4) is 5.75 Å². The van der Waals surface area contributed by atoms with Gasteiger partial charge in [0.05, 0.1) is 5.69 Å². The van der Waals surface area contributed by atoms with Crippen molar-refractivity contribution < 1.29 is 14.3 Å². The van der Waals surface area contributed by atoms with E-state index in [1.54, 1.807) is 13.2 Å². The zero-order valence-electron chi connectivity index (χ0n) is 14.0. The maximum Gasteiger partial charge on any atom is 0.407 e. The topological polar surface area (TPSA) is 63.2 Å². The number of alkyl carbamates (subject to hydrolysis) is 1. The molecule has 1 aromatic carbocycles. The summed E-state index contributed by atoms with van der Waals surface area (Å²) < 4.78 is 10.9. The molecule has 0 aromatic heterocycles. The molecule has 0 fully saturated rings. The molecule has 124 valence electrons. The summed E-state index contributed by atoms with van der Waals surface area (Å²) in [5.74, 6) is 1.54. The summed E-state index contributed by atoms with van der Waals surface area (Å²) in [5.41, 5.74) is 1.28. The molecule has 0 spiro atoms. The molecule has 6 heteroatoms. The fraction of sp³-hybridized carbons (Fsp3) is 0.412. The average molecular weight is 317 g/mol. The number of amides is 1. The third-order valence-corrected chi connectivity index (χ3v) is 3.19. The van der Waals surface area contributed by atoms with E-state index in [1.807, 2.05) is 43.9 Å². The van der Waals surface area contributed by atoms with Crippen LogP contribution in [-0.4, -0.2) is 31.2 Å². The van der Waals surface area contributed by atoms with Crippen LogP contribution in [0.25, 0.3) is 0 Å². The molecule has 1 aliphatic rings. The van der Waals surface area contributed by atoms with Gasteiger partial charge in [-0.25, -0.2) is 4.79 Å². The van der Waals surface area contributed by atoms with Crippen LogP contribution in [0.15, 0.2) is 36.0 Å². The number of amidine groups is 1. The van der Waals surface area contributed by atoms with Crippen molar-refractivity contribution in [3.05, 3.63) is 36.5 Å². The van der Waals surface area contributed by atoms with Crippen molar-refractivity contribution in [1.29, 1.82) is 0 Å². The highest BCUT2D eigenvalue weighted by Gasteiger charge is 2.22. The molecule has 23 heavy (non-hydrogen) atoms. The van der Waals surface area contributed by atoms with Gasteiger partial charge in [0.15, 0.2) is 0 Å². The Morgan fingerprint density at radius 1 is 1.52 bits per heavy atom. The third kappa shape index (κ3) is 4.25. The lowest BCUT2D eigenvalue weighted by Crippen LogP contribution is -2.35. The molecular weight excluding hydrogens is 294 g/mol. The third-order valence-electron chi connectivity index (χ3n) is 3.19. The minimum Gasteiger partial charge on any atom is -0.483 e. The second-order valence-corrected chi connectivity index (χ2v) is 6.14. The van der Waals surface area contributed by atoms with E-state index in [0.29, 0.717) is 13.2 Å². The Kier molecular flexibility index (Phi) is 4.93. The van der Waals surface area contributed by atoms with Gasteiger partial charge in [0.25, 0.3) is 0 Å². The average Bonchev–Trinajstić information content (AvgIpc) is 2.49. The lowest BCUT2D eigenvalue weighted by atomic mass is 10.1. The number of ether oxygens (including phenoxy) is 2. The molecule has 6 nitrogen and oxygen atoms in total. The van der Waals surface area contributed by atoms with Crippen LogP contribution < -0.4 is 15.0 Å². The number of nitrogens with zero attached hydrogens (tertiary/aromatic N) is 2. The van der Waals surface area contributed by atoms with Gasteiger partial charge in [0, 0.05) is 19.8 Å². The molecule has 0 bridgehead atoms. The molecule has 0 radical (unpaired) electrons. The lowest BCUT2D eigenvalue weighted by Gasteiger charge is -2.29. The minimum atomic E-state index is -0.514. The van der Waals surface area contributed by atoms with Gasteiger partial charge in [-0.3, -0.25) is 9.89 Å². The second kappa shape index (κ2) is 6.73. The summed E-state index contributed by atoms with van der Waals surface area (Å²) in [6.07, 6.45) is 1.26. The number of carbonyl (C=O) groups is 1. The zero-order chi connectivity index (χ0) is 17.0. The highest BCUT2D eigenvalue weighted by Crippen LogP contribution is 2.33. The fourth-order valence-corrected chi connectivity index (χ4v) is 2.20. The first-order chi connectivity index (χ1) is 10.8. The van der Waals surface area contributed by atoms with Gasteiger partial charge in [-0.15, -0.1) is 0 Å². The monoisotopic (exact) mass is 317 g/mol. The Labute approximate surface area is 136 Å². The fourth-order valence-electron chi connectivity index (χ4n) is 2.20. The van der Waals surface area contributed by atoms with Crippen LogP contribution in [0.2, 0.25) is 0 Å². The first-order valence-electron chi connectivity index (χ1n) is 7.44. The molecule has 1 aromatic rings. The number of rotatable bonds is 3. The van der Waals surface area contributed by atoms with Crippen LogP contribution in [0, 0.1) is 0 Å². The standard InChI is InChI=1S/C17H23N3O3/c1-6-20-13-9-12(10-19-16(21)23-17(2,3)4)7-8-14(13)22-11-15(20)18-5/h6-9H,1,10-11H2,2-5H3,(H,19,21)/b18-15-. The maximum atomic E-state index is 11.7. The normalized spacial score (nSPS) is 15.7. The van der Waals surface area contributed by atoms with Gasteiger partial charge < -0.3 is 14.8 Å². The van der Waals surface area contributed by atoms with Crippen LogP contribution in [0.3, 0.4) is 0 Å². The summed E-state index contributed by atoms with van der Waals surface area (Å²) in [7, 11) is 1.72. The summed E-state index contributed by atoms with van der Waals surface area (Å²) in [6, 6.07) is 5.73. The minimum absolute atomic E-state index is 0.367. The van der Waals surface area contributed by atoms with E-state index in [-0.39, 0.29) is 0 Å². The summed E-state index contributed by atoms with van der Waals surface area (Å²) >= 11 is 0.